The molecule has 5 nitrogen and oxygen atoms in total. The van der Waals surface area contributed by atoms with Gasteiger partial charge >= 0.3 is 0 Å². The van der Waals surface area contributed by atoms with Crippen molar-refractivity contribution in [3.8, 4) is 10.8 Å². The zero-order chi connectivity index (χ0) is 15.5. The summed E-state index contributed by atoms with van der Waals surface area (Å²) in [5.74, 6) is 0.470. The van der Waals surface area contributed by atoms with Gasteiger partial charge in [0.25, 0.3) is 5.91 Å². The predicted octanol–water partition coefficient (Wildman–Crippen LogP) is 3.06. The number of hydrogen-bond acceptors (Lipinski definition) is 5. The van der Waals surface area contributed by atoms with Crippen molar-refractivity contribution < 1.29 is 14.3 Å². The Kier molecular flexibility index (Phi) is 4.22. The van der Waals surface area contributed by atoms with Crippen molar-refractivity contribution in [2.45, 2.75) is 19.4 Å². The van der Waals surface area contributed by atoms with Crippen molar-refractivity contribution in [2.24, 2.45) is 0 Å². The van der Waals surface area contributed by atoms with Gasteiger partial charge in [-0.3, -0.25) is 4.79 Å². The average Bonchev–Trinajstić information content (AvgIpc) is 3.18. The van der Waals surface area contributed by atoms with Crippen LogP contribution in [0.4, 0.5) is 0 Å². The maximum absolute atomic E-state index is 12.1. The number of carbonyl (C=O) groups excluding carboxylic acids is 1. The first-order valence-corrected chi connectivity index (χ1v) is 7.90. The summed E-state index contributed by atoms with van der Waals surface area (Å²) in [7, 11) is 0. The zero-order valence-electron chi connectivity index (χ0n) is 12.1. The van der Waals surface area contributed by atoms with Crippen molar-refractivity contribution in [1.82, 2.24) is 10.3 Å². The number of aromatic nitrogens is 1. The van der Waals surface area contributed by atoms with Crippen LogP contribution < -0.4 is 5.32 Å². The van der Waals surface area contributed by atoms with Crippen LogP contribution in [0.2, 0.25) is 0 Å². The lowest BCUT2D eigenvalue weighted by molar-refractivity contribution is 0.0888. The van der Waals surface area contributed by atoms with Gasteiger partial charge in [-0.15, -0.1) is 11.3 Å². The van der Waals surface area contributed by atoms with Crippen LogP contribution in [0.5, 0.6) is 0 Å². The second-order valence-corrected chi connectivity index (χ2v) is 5.94. The summed E-state index contributed by atoms with van der Waals surface area (Å²) in [6.07, 6.45) is 0.660. The summed E-state index contributed by atoms with van der Waals surface area (Å²) in [6.45, 7) is 1.81. The highest BCUT2D eigenvalue weighted by molar-refractivity contribution is 7.21. The Bertz CT molecular complexity index is 756. The van der Waals surface area contributed by atoms with E-state index >= 15 is 0 Å². The molecular weight excluding hydrogens is 300 g/mol. The van der Waals surface area contributed by atoms with Gasteiger partial charge in [0.05, 0.1) is 22.9 Å². The molecule has 0 radical (unpaired) electrons. The summed E-state index contributed by atoms with van der Waals surface area (Å²) in [4.78, 5) is 16.6. The molecule has 0 fully saturated rings. The van der Waals surface area contributed by atoms with Gasteiger partial charge in [-0.1, -0.05) is 19.1 Å². The van der Waals surface area contributed by atoms with Crippen LogP contribution in [-0.2, 0) is 0 Å². The fourth-order valence-corrected chi connectivity index (χ4v) is 3.01. The molecule has 0 aliphatic rings. The smallest absolute Gasteiger partial charge is 0.287 e. The van der Waals surface area contributed by atoms with Crippen LogP contribution in [0.1, 0.15) is 23.9 Å². The maximum Gasteiger partial charge on any atom is 0.287 e. The van der Waals surface area contributed by atoms with E-state index in [1.807, 2.05) is 31.2 Å². The van der Waals surface area contributed by atoms with Crippen molar-refractivity contribution in [3.05, 3.63) is 42.2 Å². The van der Waals surface area contributed by atoms with Gasteiger partial charge in [0.1, 0.15) is 0 Å². The lowest BCUT2D eigenvalue weighted by Gasteiger charge is -2.12. The number of benzene rings is 1. The molecular formula is C16H16N2O3S. The molecule has 0 spiro atoms. The van der Waals surface area contributed by atoms with Crippen LogP contribution in [0.3, 0.4) is 0 Å². The minimum absolute atomic E-state index is 0.0896. The fraction of sp³-hybridized carbons (Fsp3) is 0.250. The van der Waals surface area contributed by atoms with Gasteiger partial charge in [0.15, 0.2) is 16.5 Å². The van der Waals surface area contributed by atoms with E-state index in [0.717, 1.165) is 15.2 Å². The lowest BCUT2D eigenvalue weighted by Crippen LogP contribution is -2.36. The van der Waals surface area contributed by atoms with Crippen molar-refractivity contribution >= 4 is 27.5 Å². The number of carbonyl (C=O) groups is 1. The Balaban J connectivity index is 1.82. The molecule has 0 bridgehead atoms. The molecule has 3 rings (SSSR count). The van der Waals surface area contributed by atoms with E-state index < -0.39 is 0 Å². The number of nitrogens with one attached hydrogen (secondary N) is 1. The largest absolute Gasteiger partial charge is 0.448 e. The van der Waals surface area contributed by atoms with E-state index in [4.69, 9.17) is 9.52 Å². The number of hydrogen-bond donors (Lipinski definition) is 2. The summed E-state index contributed by atoms with van der Waals surface area (Å²) in [5, 5.41) is 12.6. The SMILES string of the molecule is CCC(CO)NC(=O)c1ccc(-c2nc3ccccc3s2)o1. The van der Waals surface area contributed by atoms with Crippen molar-refractivity contribution in [1.29, 1.82) is 0 Å². The Morgan fingerprint density at radius 3 is 2.91 bits per heavy atom. The highest BCUT2D eigenvalue weighted by Crippen LogP contribution is 2.31. The molecule has 22 heavy (non-hydrogen) atoms. The molecule has 2 aromatic heterocycles. The first-order chi connectivity index (χ1) is 10.7. The van der Waals surface area contributed by atoms with Crippen molar-refractivity contribution in [3.63, 3.8) is 0 Å². The number of fused-ring (bicyclic) bond motifs is 1. The molecule has 2 N–H and O–H groups in total. The Hall–Kier alpha value is -2.18. The summed E-state index contributed by atoms with van der Waals surface area (Å²) in [6, 6.07) is 11.0. The monoisotopic (exact) mass is 316 g/mol. The van der Waals surface area contributed by atoms with Crippen LogP contribution in [-0.4, -0.2) is 28.6 Å². The molecule has 3 aromatic rings. The van der Waals surface area contributed by atoms with Gasteiger partial charge in [-0.05, 0) is 30.7 Å². The molecule has 2 heterocycles. The standard InChI is InChI=1S/C16H16N2O3S/c1-2-10(9-19)17-15(20)12-7-8-13(21-12)16-18-11-5-3-4-6-14(11)22-16/h3-8,10,19H,2,9H2,1H3,(H,17,20). The number of thiazole rings is 1. The van der Waals surface area contributed by atoms with E-state index in [0.29, 0.717) is 12.2 Å². The quantitative estimate of drug-likeness (QED) is 0.758. The van der Waals surface area contributed by atoms with E-state index in [1.165, 1.54) is 11.3 Å². The Morgan fingerprint density at radius 2 is 2.18 bits per heavy atom. The van der Waals surface area contributed by atoms with Gasteiger partial charge in [0.2, 0.25) is 0 Å². The maximum atomic E-state index is 12.1. The number of aliphatic hydroxyl groups excluding tert-OH is 1. The van der Waals surface area contributed by atoms with E-state index in [9.17, 15) is 4.79 Å². The highest BCUT2D eigenvalue weighted by Gasteiger charge is 2.17. The predicted molar refractivity (Wildman–Crippen MR) is 86.0 cm³/mol. The molecule has 1 unspecified atom stereocenters. The minimum atomic E-state index is -0.326. The number of furan rings is 1. The van der Waals surface area contributed by atoms with Gasteiger partial charge in [-0.2, -0.15) is 0 Å². The molecule has 0 aliphatic heterocycles. The van der Waals surface area contributed by atoms with Crippen LogP contribution in [0, 0.1) is 0 Å². The summed E-state index contributed by atoms with van der Waals surface area (Å²) >= 11 is 1.52. The Morgan fingerprint density at radius 1 is 1.36 bits per heavy atom. The number of para-hydroxylation sites is 1. The van der Waals surface area contributed by atoms with Gasteiger partial charge < -0.3 is 14.8 Å². The molecule has 114 valence electrons. The molecule has 1 aromatic carbocycles. The molecule has 1 amide bonds. The van der Waals surface area contributed by atoms with Crippen LogP contribution in [0.25, 0.3) is 21.0 Å². The first-order valence-electron chi connectivity index (χ1n) is 7.08. The highest BCUT2D eigenvalue weighted by atomic mass is 32.1. The van der Waals surface area contributed by atoms with Crippen LogP contribution >= 0.6 is 11.3 Å². The van der Waals surface area contributed by atoms with E-state index in [1.54, 1.807) is 12.1 Å². The molecule has 0 aliphatic carbocycles. The van der Waals surface area contributed by atoms with E-state index in [-0.39, 0.29) is 24.3 Å². The average molecular weight is 316 g/mol. The van der Waals surface area contributed by atoms with Crippen LogP contribution in [0.15, 0.2) is 40.8 Å². The third-order valence-electron chi connectivity index (χ3n) is 3.38. The number of nitrogens with zero attached hydrogens (tertiary/aromatic N) is 1. The normalized spacial score (nSPS) is 12.5. The van der Waals surface area contributed by atoms with Crippen molar-refractivity contribution in [2.75, 3.05) is 6.61 Å². The fourth-order valence-electron chi connectivity index (χ4n) is 2.09. The minimum Gasteiger partial charge on any atom is -0.448 e. The molecule has 6 heteroatoms. The Labute approximate surface area is 131 Å². The summed E-state index contributed by atoms with van der Waals surface area (Å²) in [5.41, 5.74) is 0.913. The number of rotatable bonds is 5. The van der Waals surface area contributed by atoms with Gasteiger partial charge in [-0.25, -0.2) is 4.98 Å². The molecule has 0 saturated carbocycles. The number of amides is 1. The third kappa shape index (κ3) is 2.88. The second-order valence-electron chi connectivity index (χ2n) is 4.91. The topological polar surface area (TPSA) is 75.4 Å². The molecule has 0 saturated heterocycles. The first kappa shape index (κ1) is 14.7. The summed E-state index contributed by atoms with van der Waals surface area (Å²) < 4.78 is 6.68. The lowest BCUT2D eigenvalue weighted by atomic mass is 10.2. The second kappa shape index (κ2) is 6.29. The van der Waals surface area contributed by atoms with Gasteiger partial charge in [0, 0.05) is 0 Å². The molecule has 1 atom stereocenters. The van der Waals surface area contributed by atoms with E-state index in [2.05, 4.69) is 10.3 Å². The zero-order valence-corrected chi connectivity index (χ0v) is 12.9. The third-order valence-corrected chi connectivity index (χ3v) is 4.43. The number of aliphatic hydroxyl groups is 1.